The van der Waals surface area contributed by atoms with E-state index in [9.17, 15) is 9.59 Å². The van der Waals surface area contributed by atoms with Crippen molar-refractivity contribution >= 4 is 11.9 Å². The van der Waals surface area contributed by atoms with Crippen LogP contribution in [0.1, 0.15) is 27.2 Å². The fourth-order valence-corrected chi connectivity index (χ4v) is 2.31. The maximum absolute atomic E-state index is 12.4. The molecule has 1 amide bonds. The van der Waals surface area contributed by atoms with Gasteiger partial charge in [-0.3, -0.25) is 9.59 Å². The van der Waals surface area contributed by atoms with Crippen molar-refractivity contribution in [2.45, 2.75) is 38.9 Å². The summed E-state index contributed by atoms with van der Waals surface area (Å²) in [5.41, 5.74) is -1.16. The Morgan fingerprint density at radius 1 is 1.43 bits per heavy atom. The molecule has 2 rings (SSSR count). The second kappa shape index (κ2) is 6.07. The minimum atomic E-state index is -1.16. The van der Waals surface area contributed by atoms with Crippen molar-refractivity contribution < 1.29 is 19.1 Å². The van der Waals surface area contributed by atoms with Crippen molar-refractivity contribution in [3.8, 4) is 5.88 Å². The lowest BCUT2D eigenvalue weighted by molar-refractivity contribution is -0.168. The zero-order valence-corrected chi connectivity index (χ0v) is 12.4. The van der Waals surface area contributed by atoms with Gasteiger partial charge in [-0.2, -0.15) is 0 Å². The number of likely N-dealkylation sites (tertiary alicyclic amines) is 1. The second-order valence-electron chi connectivity index (χ2n) is 5.43. The van der Waals surface area contributed by atoms with E-state index in [1.807, 2.05) is 0 Å². The summed E-state index contributed by atoms with van der Waals surface area (Å²) in [6, 6.07) is 1.67. The standard InChI is InChI=1S/C14H19N3O4/c1-10(18)21-14(2,3)13(19)17-7-5-11(8-17)20-12-4-6-15-9-16-12/h4,6,9,11H,5,7-8H2,1-3H3/t11-/m1/s1. The molecule has 7 heteroatoms. The predicted octanol–water partition coefficient (Wildman–Crippen LogP) is 0.798. The zero-order chi connectivity index (χ0) is 15.5. The van der Waals surface area contributed by atoms with Crippen LogP contribution in [-0.2, 0) is 14.3 Å². The fourth-order valence-electron chi connectivity index (χ4n) is 2.31. The second-order valence-corrected chi connectivity index (χ2v) is 5.43. The van der Waals surface area contributed by atoms with Crippen LogP contribution in [0.4, 0.5) is 0 Å². The first kappa shape index (κ1) is 15.2. The van der Waals surface area contributed by atoms with Gasteiger partial charge in [0.1, 0.15) is 12.4 Å². The van der Waals surface area contributed by atoms with E-state index in [1.165, 1.54) is 13.3 Å². The number of hydrogen-bond donors (Lipinski definition) is 0. The van der Waals surface area contributed by atoms with Crippen molar-refractivity contribution in [1.82, 2.24) is 14.9 Å². The Morgan fingerprint density at radius 2 is 2.19 bits per heavy atom. The number of rotatable bonds is 4. The smallest absolute Gasteiger partial charge is 0.303 e. The summed E-state index contributed by atoms with van der Waals surface area (Å²) in [7, 11) is 0. The Kier molecular flexibility index (Phi) is 4.40. The quantitative estimate of drug-likeness (QED) is 0.764. The maximum Gasteiger partial charge on any atom is 0.303 e. The van der Waals surface area contributed by atoms with Gasteiger partial charge in [-0.25, -0.2) is 9.97 Å². The molecule has 0 aliphatic carbocycles. The molecule has 21 heavy (non-hydrogen) atoms. The van der Waals surface area contributed by atoms with E-state index in [0.717, 1.165) is 0 Å². The number of ether oxygens (including phenoxy) is 2. The Balaban J connectivity index is 1.93. The van der Waals surface area contributed by atoms with Crippen molar-refractivity contribution in [2.24, 2.45) is 0 Å². The van der Waals surface area contributed by atoms with Gasteiger partial charge in [0, 0.05) is 32.2 Å². The van der Waals surface area contributed by atoms with E-state index >= 15 is 0 Å². The third-order valence-corrected chi connectivity index (χ3v) is 3.19. The number of carbonyl (C=O) groups is 2. The molecule has 1 atom stereocenters. The molecule has 0 aromatic carbocycles. The minimum absolute atomic E-state index is 0.114. The van der Waals surface area contributed by atoms with Gasteiger partial charge in [0.25, 0.3) is 5.91 Å². The fraction of sp³-hybridized carbons (Fsp3) is 0.571. The summed E-state index contributed by atoms with van der Waals surface area (Å²) in [5.74, 6) is -0.198. The molecular weight excluding hydrogens is 274 g/mol. The summed E-state index contributed by atoms with van der Waals surface area (Å²) >= 11 is 0. The van der Waals surface area contributed by atoms with Gasteiger partial charge in [0.15, 0.2) is 5.60 Å². The average Bonchev–Trinajstić information content (AvgIpc) is 2.86. The summed E-state index contributed by atoms with van der Waals surface area (Å²) in [6.07, 6.45) is 3.62. The molecule has 0 saturated carbocycles. The molecule has 2 heterocycles. The highest BCUT2D eigenvalue weighted by Gasteiger charge is 2.38. The molecule has 0 radical (unpaired) electrons. The third-order valence-electron chi connectivity index (χ3n) is 3.19. The first-order valence-electron chi connectivity index (χ1n) is 6.80. The van der Waals surface area contributed by atoms with E-state index in [-0.39, 0.29) is 12.0 Å². The molecule has 7 nitrogen and oxygen atoms in total. The van der Waals surface area contributed by atoms with Crippen molar-refractivity contribution in [2.75, 3.05) is 13.1 Å². The number of carbonyl (C=O) groups excluding carboxylic acids is 2. The normalized spacial score (nSPS) is 18.4. The highest BCUT2D eigenvalue weighted by Crippen LogP contribution is 2.21. The van der Waals surface area contributed by atoms with Crippen LogP contribution in [0.2, 0.25) is 0 Å². The Hall–Kier alpha value is -2.18. The van der Waals surface area contributed by atoms with E-state index < -0.39 is 11.6 Å². The molecule has 1 aromatic heterocycles. The lowest BCUT2D eigenvalue weighted by Crippen LogP contribution is -2.47. The van der Waals surface area contributed by atoms with Crippen LogP contribution in [0.3, 0.4) is 0 Å². The van der Waals surface area contributed by atoms with Crippen LogP contribution >= 0.6 is 0 Å². The van der Waals surface area contributed by atoms with E-state index in [0.29, 0.717) is 25.4 Å². The zero-order valence-electron chi connectivity index (χ0n) is 12.4. The van der Waals surface area contributed by atoms with Gasteiger partial charge >= 0.3 is 5.97 Å². The molecule has 0 unspecified atom stereocenters. The van der Waals surface area contributed by atoms with Crippen molar-refractivity contribution in [1.29, 1.82) is 0 Å². The Morgan fingerprint density at radius 3 is 2.81 bits per heavy atom. The van der Waals surface area contributed by atoms with Crippen LogP contribution in [0, 0.1) is 0 Å². The lowest BCUT2D eigenvalue weighted by Gasteiger charge is -2.28. The molecule has 1 fully saturated rings. The maximum atomic E-state index is 12.4. The SMILES string of the molecule is CC(=O)OC(C)(C)C(=O)N1CC[C@@H](Oc2ccncn2)C1. The highest BCUT2D eigenvalue weighted by atomic mass is 16.6. The van der Waals surface area contributed by atoms with Gasteiger partial charge in [-0.1, -0.05) is 0 Å². The van der Waals surface area contributed by atoms with Crippen molar-refractivity contribution in [3.05, 3.63) is 18.6 Å². The van der Waals surface area contributed by atoms with E-state index in [4.69, 9.17) is 9.47 Å². The monoisotopic (exact) mass is 293 g/mol. The van der Waals surface area contributed by atoms with Gasteiger partial charge in [0.2, 0.25) is 5.88 Å². The molecule has 1 saturated heterocycles. The summed E-state index contributed by atoms with van der Waals surface area (Å²) in [6.45, 7) is 5.50. The molecule has 0 spiro atoms. The van der Waals surface area contributed by atoms with E-state index in [2.05, 4.69) is 9.97 Å². The first-order chi connectivity index (χ1) is 9.88. The number of esters is 1. The van der Waals surface area contributed by atoms with Gasteiger partial charge < -0.3 is 14.4 Å². The number of aromatic nitrogens is 2. The minimum Gasteiger partial charge on any atom is -0.472 e. The Bertz CT molecular complexity index is 518. The van der Waals surface area contributed by atoms with E-state index in [1.54, 1.807) is 31.0 Å². The number of hydrogen-bond acceptors (Lipinski definition) is 6. The number of nitrogens with zero attached hydrogens (tertiary/aromatic N) is 3. The Labute approximate surface area is 123 Å². The molecule has 1 aliphatic heterocycles. The summed E-state index contributed by atoms with van der Waals surface area (Å²) in [4.78, 5) is 32.9. The van der Waals surface area contributed by atoms with Crippen LogP contribution in [0.5, 0.6) is 5.88 Å². The van der Waals surface area contributed by atoms with Gasteiger partial charge in [0.05, 0.1) is 6.54 Å². The molecule has 0 bridgehead atoms. The summed E-state index contributed by atoms with van der Waals surface area (Å²) in [5, 5.41) is 0. The largest absolute Gasteiger partial charge is 0.472 e. The molecular formula is C14H19N3O4. The lowest BCUT2D eigenvalue weighted by atomic mass is 10.1. The molecule has 1 aliphatic rings. The van der Waals surface area contributed by atoms with Crippen molar-refractivity contribution in [3.63, 3.8) is 0 Å². The highest BCUT2D eigenvalue weighted by molar-refractivity contribution is 5.87. The predicted molar refractivity (Wildman–Crippen MR) is 73.5 cm³/mol. The van der Waals surface area contributed by atoms with Crippen LogP contribution in [0.15, 0.2) is 18.6 Å². The first-order valence-corrected chi connectivity index (χ1v) is 6.80. The number of amides is 1. The average molecular weight is 293 g/mol. The molecule has 114 valence electrons. The summed E-state index contributed by atoms with van der Waals surface area (Å²) < 4.78 is 10.8. The molecule has 0 N–H and O–H groups in total. The topological polar surface area (TPSA) is 81.6 Å². The van der Waals surface area contributed by atoms with Crippen LogP contribution in [-0.4, -0.2) is 51.5 Å². The third kappa shape index (κ3) is 3.90. The van der Waals surface area contributed by atoms with Gasteiger partial charge in [-0.15, -0.1) is 0 Å². The molecule has 1 aromatic rings. The van der Waals surface area contributed by atoms with Crippen LogP contribution < -0.4 is 4.74 Å². The van der Waals surface area contributed by atoms with Gasteiger partial charge in [-0.05, 0) is 13.8 Å². The van der Waals surface area contributed by atoms with Crippen LogP contribution in [0.25, 0.3) is 0 Å².